The van der Waals surface area contributed by atoms with E-state index in [1.54, 1.807) is 11.0 Å². The second-order valence-corrected chi connectivity index (χ2v) is 4.99. The Bertz CT molecular complexity index is 380. The van der Waals surface area contributed by atoms with E-state index >= 15 is 0 Å². The van der Waals surface area contributed by atoms with Crippen molar-refractivity contribution in [2.45, 2.75) is 31.9 Å². The Balaban J connectivity index is 1.95. The van der Waals surface area contributed by atoms with Gasteiger partial charge in [-0.05, 0) is 13.0 Å². The van der Waals surface area contributed by atoms with Crippen LogP contribution in [0.15, 0.2) is 6.33 Å². The van der Waals surface area contributed by atoms with Gasteiger partial charge in [0.25, 0.3) is 0 Å². The second kappa shape index (κ2) is 6.95. The average molecular weight is 268 g/mol. The van der Waals surface area contributed by atoms with Crippen LogP contribution in [-0.2, 0) is 18.2 Å². The molecule has 1 saturated heterocycles. The number of hydrogen-bond donors (Lipinski definition) is 2. The molecule has 2 unspecified atom stereocenters. The Morgan fingerprint density at radius 1 is 1.63 bits per heavy atom. The van der Waals surface area contributed by atoms with Crippen LogP contribution < -0.4 is 11.3 Å². The minimum atomic E-state index is 0.0579. The molecule has 7 nitrogen and oxygen atoms in total. The third-order valence-electron chi connectivity index (χ3n) is 3.59. The van der Waals surface area contributed by atoms with Crippen LogP contribution in [0.2, 0.25) is 0 Å². The summed E-state index contributed by atoms with van der Waals surface area (Å²) in [6.45, 7) is 6.00. The minimum absolute atomic E-state index is 0.0579. The molecule has 0 bridgehead atoms. The highest BCUT2D eigenvalue weighted by Gasteiger charge is 2.28. The zero-order valence-electron chi connectivity index (χ0n) is 11.7. The fourth-order valence-electron chi connectivity index (χ4n) is 2.49. The molecule has 0 aliphatic carbocycles. The van der Waals surface area contributed by atoms with Gasteiger partial charge in [-0.25, -0.2) is 4.98 Å². The highest BCUT2D eigenvalue weighted by molar-refractivity contribution is 4.93. The van der Waals surface area contributed by atoms with E-state index in [0.717, 1.165) is 44.9 Å². The smallest absolute Gasteiger partial charge is 0.138 e. The van der Waals surface area contributed by atoms with E-state index in [1.165, 1.54) is 0 Å². The van der Waals surface area contributed by atoms with E-state index in [0.29, 0.717) is 0 Å². The highest BCUT2D eigenvalue weighted by atomic mass is 16.5. The van der Waals surface area contributed by atoms with Crippen molar-refractivity contribution in [1.82, 2.24) is 25.1 Å². The number of aromatic nitrogens is 3. The number of hydrazine groups is 1. The summed E-state index contributed by atoms with van der Waals surface area (Å²) in [5.74, 6) is 6.60. The van der Waals surface area contributed by atoms with Gasteiger partial charge in [-0.15, -0.1) is 0 Å². The molecule has 1 fully saturated rings. The van der Waals surface area contributed by atoms with Gasteiger partial charge in [-0.3, -0.25) is 20.9 Å². The van der Waals surface area contributed by atoms with Crippen LogP contribution in [0.5, 0.6) is 0 Å². The number of nitrogens with one attached hydrogen (secondary N) is 1. The normalized spacial score (nSPS) is 22.6. The molecule has 3 N–H and O–H groups in total. The average Bonchev–Trinajstić information content (AvgIpc) is 2.82. The molecule has 19 heavy (non-hydrogen) atoms. The Kier molecular flexibility index (Phi) is 5.26. The Labute approximate surface area is 114 Å². The fraction of sp³-hybridized carbons (Fsp3) is 0.833. The SMILES string of the molecule is CCCN1CCOC(C(Cc2ncnn2C)NN)C1. The molecule has 1 aliphatic heterocycles. The summed E-state index contributed by atoms with van der Waals surface area (Å²) in [5.41, 5.74) is 2.87. The number of aryl methyl sites for hydroxylation is 1. The van der Waals surface area contributed by atoms with Crippen molar-refractivity contribution in [1.29, 1.82) is 0 Å². The first kappa shape index (κ1) is 14.4. The monoisotopic (exact) mass is 268 g/mol. The van der Waals surface area contributed by atoms with Crippen LogP contribution in [0.4, 0.5) is 0 Å². The van der Waals surface area contributed by atoms with Crippen molar-refractivity contribution in [3.05, 3.63) is 12.2 Å². The molecule has 0 spiro atoms. The van der Waals surface area contributed by atoms with Crippen LogP contribution in [0.25, 0.3) is 0 Å². The second-order valence-electron chi connectivity index (χ2n) is 4.99. The molecule has 1 aliphatic rings. The maximum absolute atomic E-state index is 5.85. The number of nitrogens with two attached hydrogens (primary N) is 1. The number of ether oxygens (including phenoxy) is 1. The number of nitrogens with zero attached hydrogens (tertiary/aromatic N) is 4. The first-order chi connectivity index (χ1) is 9.24. The van der Waals surface area contributed by atoms with Gasteiger partial charge in [0.15, 0.2) is 0 Å². The Hall–Kier alpha value is -1.02. The van der Waals surface area contributed by atoms with Gasteiger partial charge in [0, 0.05) is 26.6 Å². The quantitative estimate of drug-likeness (QED) is 0.524. The molecule has 1 aromatic heterocycles. The molecule has 7 heteroatoms. The third kappa shape index (κ3) is 3.73. The van der Waals surface area contributed by atoms with Gasteiger partial charge in [0.2, 0.25) is 0 Å². The van der Waals surface area contributed by atoms with Crippen LogP contribution in [0.1, 0.15) is 19.2 Å². The predicted molar refractivity (Wildman–Crippen MR) is 72.3 cm³/mol. The van der Waals surface area contributed by atoms with E-state index in [1.807, 2.05) is 7.05 Å². The summed E-state index contributed by atoms with van der Waals surface area (Å²) in [6.07, 6.45) is 3.55. The van der Waals surface area contributed by atoms with Crippen LogP contribution in [-0.4, -0.2) is 58.1 Å². The zero-order chi connectivity index (χ0) is 13.7. The van der Waals surface area contributed by atoms with Crippen molar-refractivity contribution in [3.63, 3.8) is 0 Å². The van der Waals surface area contributed by atoms with Crippen molar-refractivity contribution < 1.29 is 4.74 Å². The van der Waals surface area contributed by atoms with Gasteiger partial charge in [0.05, 0.1) is 18.8 Å². The number of rotatable bonds is 6. The molecule has 0 aromatic carbocycles. The summed E-state index contributed by atoms with van der Waals surface area (Å²) in [5, 5.41) is 4.08. The van der Waals surface area contributed by atoms with Crippen LogP contribution in [0, 0.1) is 0 Å². The number of morpholine rings is 1. The van der Waals surface area contributed by atoms with E-state index in [2.05, 4.69) is 27.3 Å². The summed E-state index contributed by atoms with van der Waals surface area (Å²) in [6, 6.07) is 0.0579. The van der Waals surface area contributed by atoms with E-state index in [9.17, 15) is 0 Å². The summed E-state index contributed by atoms with van der Waals surface area (Å²) in [7, 11) is 1.89. The van der Waals surface area contributed by atoms with Crippen molar-refractivity contribution in [2.24, 2.45) is 12.9 Å². The van der Waals surface area contributed by atoms with Crippen molar-refractivity contribution in [3.8, 4) is 0 Å². The lowest BCUT2D eigenvalue weighted by molar-refractivity contribution is -0.0466. The largest absolute Gasteiger partial charge is 0.374 e. The highest BCUT2D eigenvalue weighted by Crippen LogP contribution is 2.12. The van der Waals surface area contributed by atoms with E-state index in [4.69, 9.17) is 10.6 Å². The van der Waals surface area contributed by atoms with Gasteiger partial charge in [0.1, 0.15) is 12.2 Å². The molecule has 108 valence electrons. The Morgan fingerprint density at radius 3 is 3.11 bits per heavy atom. The standard InChI is InChI=1S/C12H24N6O/c1-3-4-18-5-6-19-11(8-18)10(16-13)7-12-14-9-15-17(12)2/h9-11,16H,3-8,13H2,1-2H3. The maximum Gasteiger partial charge on any atom is 0.138 e. The number of hydrogen-bond acceptors (Lipinski definition) is 6. The molecule has 0 saturated carbocycles. The lowest BCUT2D eigenvalue weighted by Crippen LogP contribution is -2.55. The van der Waals surface area contributed by atoms with E-state index in [-0.39, 0.29) is 12.1 Å². The summed E-state index contributed by atoms with van der Waals surface area (Å²) in [4.78, 5) is 6.67. The zero-order valence-corrected chi connectivity index (χ0v) is 11.7. The molecule has 0 amide bonds. The molecular weight excluding hydrogens is 244 g/mol. The molecule has 2 atom stereocenters. The Morgan fingerprint density at radius 2 is 2.47 bits per heavy atom. The van der Waals surface area contributed by atoms with Crippen molar-refractivity contribution >= 4 is 0 Å². The molecule has 2 heterocycles. The molecule has 2 rings (SSSR count). The predicted octanol–water partition coefficient (Wildman–Crippen LogP) is -0.700. The van der Waals surface area contributed by atoms with Gasteiger partial charge in [-0.1, -0.05) is 6.92 Å². The lowest BCUT2D eigenvalue weighted by Gasteiger charge is -2.36. The molecular formula is C12H24N6O. The lowest BCUT2D eigenvalue weighted by atomic mass is 10.1. The van der Waals surface area contributed by atoms with Gasteiger partial charge >= 0.3 is 0 Å². The van der Waals surface area contributed by atoms with Gasteiger partial charge < -0.3 is 4.74 Å². The molecule has 0 radical (unpaired) electrons. The maximum atomic E-state index is 5.85. The first-order valence-corrected chi connectivity index (χ1v) is 6.87. The van der Waals surface area contributed by atoms with Crippen molar-refractivity contribution in [2.75, 3.05) is 26.2 Å². The topological polar surface area (TPSA) is 81.2 Å². The first-order valence-electron chi connectivity index (χ1n) is 6.87. The minimum Gasteiger partial charge on any atom is -0.374 e. The molecule has 1 aromatic rings. The fourth-order valence-corrected chi connectivity index (χ4v) is 2.49. The van der Waals surface area contributed by atoms with Crippen LogP contribution >= 0.6 is 0 Å². The summed E-state index contributed by atoms with van der Waals surface area (Å²) < 4.78 is 7.63. The van der Waals surface area contributed by atoms with E-state index < -0.39 is 0 Å². The summed E-state index contributed by atoms with van der Waals surface area (Å²) >= 11 is 0. The van der Waals surface area contributed by atoms with Crippen LogP contribution in [0.3, 0.4) is 0 Å². The van der Waals surface area contributed by atoms with Gasteiger partial charge in [-0.2, -0.15) is 5.10 Å². The third-order valence-corrected chi connectivity index (χ3v) is 3.59.